The van der Waals surface area contributed by atoms with Crippen molar-refractivity contribution in [3.63, 3.8) is 0 Å². The Balaban J connectivity index is 2.33. The first kappa shape index (κ1) is 12.4. The van der Waals surface area contributed by atoms with Gasteiger partial charge in [0.15, 0.2) is 0 Å². The van der Waals surface area contributed by atoms with E-state index in [4.69, 9.17) is 10.5 Å². The van der Waals surface area contributed by atoms with Gasteiger partial charge in [0, 0.05) is 29.5 Å². The minimum atomic E-state index is 0.803. The Hall–Kier alpha value is -0.670. The Morgan fingerprint density at radius 3 is 2.93 bits per heavy atom. The number of hydrogen-bond donors (Lipinski definition) is 1. The summed E-state index contributed by atoms with van der Waals surface area (Å²) in [5.41, 5.74) is 8.02. The molecule has 0 radical (unpaired) electrons. The largest absolute Gasteiger partial charge is 0.398 e. The van der Waals surface area contributed by atoms with Gasteiger partial charge in [-0.1, -0.05) is 6.07 Å². The maximum absolute atomic E-state index is 5.88. The lowest BCUT2D eigenvalue weighted by Crippen LogP contribution is -1.95. The van der Waals surface area contributed by atoms with Crippen molar-refractivity contribution in [1.82, 2.24) is 0 Å². The second-order valence-electron chi connectivity index (χ2n) is 3.44. The molecule has 3 heteroatoms. The zero-order valence-corrected chi connectivity index (χ0v) is 10.3. The SMILES string of the molecule is CCOCCCSc1cc(C)ccc1N. The van der Waals surface area contributed by atoms with E-state index in [-0.39, 0.29) is 0 Å². The van der Waals surface area contributed by atoms with Crippen LogP contribution in [0.1, 0.15) is 18.9 Å². The summed E-state index contributed by atoms with van der Waals surface area (Å²) < 4.78 is 5.28. The summed E-state index contributed by atoms with van der Waals surface area (Å²) in [6.07, 6.45) is 1.08. The molecule has 1 aromatic carbocycles. The van der Waals surface area contributed by atoms with Crippen LogP contribution in [0.5, 0.6) is 0 Å². The van der Waals surface area contributed by atoms with Crippen LogP contribution in [0.15, 0.2) is 23.1 Å². The molecule has 15 heavy (non-hydrogen) atoms. The number of ether oxygens (including phenoxy) is 1. The molecule has 0 fully saturated rings. The molecule has 0 aliphatic carbocycles. The molecule has 1 aromatic rings. The monoisotopic (exact) mass is 225 g/mol. The van der Waals surface area contributed by atoms with Crippen LogP contribution in [-0.2, 0) is 4.74 Å². The molecule has 0 heterocycles. The number of benzene rings is 1. The first-order chi connectivity index (χ1) is 7.24. The van der Waals surface area contributed by atoms with Gasteiger partial charge in [0.1, 0.15) is 0 Å². The highest BCUT2D eigenvalue weighted by Crippen LogP contribution is 2.26. The Labute approximate surface area is 96.2 Å². The first-order valence-corrected chi connectivity index (χ1v) is 6.29. The third kappa shape index (κ3) is 4.58. The van der Waals surface area contributed by atoms with Crippen LogP contribution in [0.3, 0.4) is 0 Å². The fourth-order valence-corrected chi connectivity index (χ4v) is 2.24. The standard InChI is InChI=1S/C12H19NOS/c1-3-14-7-4-8-15-12-9-10(2)5-6-11(12)13/h5-6,9H,3-4,7-8,13H2,1-2H3. The molecule has 0 aromatic heterocycles. The Bertz CT molecular complexity index is 302. The number of nitrogens with two attached hydrogens (primary N) is 1. The second kappa shape index (κ2) is 6.75. The maximum Gasteiger partial charge on any atom is 0.0473 e. The molecule has 2 nitrogen and oxygen atoms in total. The molecule has 0 bridgehead atoms. The number of anilines is 1. The summed E-state index contributed by atoms with van der Waals surface area (Å²) >= 11 is 1.81. The predicted molar refractivity (Wildman–Crippen MR) is 67.4 cm³/mol. The van der Waals surface area contributed by atoms with Crippen LogP contribution >= 0.6 is 11.8 Å². The van der Waals surface area contributed by atoms with Gasteiger partial charge in [-0.05, 0) is 38.0 Å². The molecule has 0 atom stereocenters. The van der Waals surface area contributed by atoms with E-state index in [2.05, 4.69) is 13.0 Å². The molecule has 0 saturated carbocycles. The Morgan fingerprint density at radius 2 is 2.20 bits per heavy atom. The summed E-state index contributed by atoms with van der Waals surface area (Å²) in [5, 5.41) is 0. The van der Waals surface area contributed by atoms with Crippen molar-refractivity contribution in [2.24, 2.45) is 0 Å². The second-order valence-corrected chi connectivity index (χ2v) is 4.58. The average molecular weight is 225 g/mol. The smallest absolute Gasteiger partial charge is 0.0473 e. The zero-order chi connectivity index (χ0) is 11.1. The van der Waals surface area contributed by atoms with Crippen LogP contribution in [0.2, 0.25) is 0 Å². The van der Waals surface area contributed by atoms with Crippen molar-refractivity contribution in [2.45, 2.75) is 25.2 Å². The van der Waals surface area contributed by atoms with Crippen molar-refractivity contribution in [2.75, 3.05) is 24.7 Å². The topological polar surface area (TPSA) is 35.2 Å². The van der Waals surface area contributed by atoms with Crippen LogP contribution in [0.25, 0.3) is 0 Å². The molecule has 0 saturated heterocycles. The quantitative estimate of drug-likeness (QED) is 0.459. The van der Waals surface area contributed by atoms with Crippen molar-refractivity contribution < 1.29 is 4.74 Å². The zero-order valence-electron chi connectivity index (χ0n) is 9.45. The highest BCUT2D eigenvalue weighted by atomic mass is 32.2. The molecule has 2 N–H and O–H groups in total. The molecule has 1 rings (SSSR count). The maximum atomic E-state index is 5.88. The molecule has 84 valence electrons. The van der Waals surface area contributed by atoms with Gasteiger partial charge in [0.05, 0.1) is 0 Å². The summed E-state index contributed by atoms with van der Waals surface area (Å²) in [6, 6.07) is 6.15. The molecule has 0 aliphatic rings. The predicted octanol–water partition coefficient (Wildman–Crippen LogP) is 3.10. The van der Waals surface area contributed by atoms with Crippen LogP contribution in [-0.4, -0.2) is 19.0 Å². The van der Waals surface area contributed by atoms with Gasteiger partial charge in [-0.2, -0.15) is 0 Å². The van der Waals surface area contributed by atoms with Gasteiger partial charge in [-0.3, -0.25) is 0 Å². The Kier molecular flexibility index (Phi) is 5.58. The van der Waals surface area contributed by atoms with Crippen molar-refractivity contribution >= 4 is 17.4 Å². The molecule has 0 spiro atoms. The number of rotatable bonds is 6. The normalized spacial score (nSPS) is 10.5. The fraction of sp³-hybridized carbons (Fsp3) is 0.500. The van der Waals surface area contributed by atoms with Crippen LogP contribution < -0.4 is 5.73 Å². The highest BCUT2D eigenvalue weighted by Gasteiger charge is 1.99. The summed E-state index contributed by atoms with van der Waals surface area (Å²) in [7, 11) is 0. The summed E-state index contributed by atoms with van der Waals surface area (Å²) in [5.74, 6) is 1.06. The molecule has 0 amide bonds. The number of thioether (sulfide) groups is 1. The van der Waals surface area contributed by atoms with E-state index in [1.807, 2.05) is 19.1 Å². The fourth-order valence-electron chi connectivity index (χ4n) is 1.25. The van der Waals surface area contributed by atoms with Gasteiger partial charge in [0.25, 0.3) is 0 Å². The summed E-state index contributed by atoms with van der Waals surface area (Å²) in [4.78, 5) is 1.19. The number of aryl methyl sites for hydroxylation is 1. The van der Waals surface area contributed by atoms with E-state index in [0.29, 0.717) is 0 Å². The number of nitrogen functional groups attached to an aromatic ring is 1. The van der Waals surface area contributed by atoms with E-state index in [1.54, 1.807) is 11.8 Å². The average Bonchev–Trinajstić information content (AvgIpc) is 2.23. The third-order valence-corrected chi connectivity index (χ3v) is 3.22. The lowest BCUT2D eigenvalue weighted by molar-refractivity contribution is 0.149. The van der Waals surface area contributed by atoms with E-state index in [9.17, 15) is 0 Å². The van der Waals surface area contributed by atoms with Crippen molar-refractivity contribution in [1.29, 1.82) is 0 Å². The van der Waals surface area contributed by atoms with Crippen molar-refractivity contribution in [3.8, 4) is 0 Å². The van der Waals surface area contributed by atoms with E-state index in [1.165, 1.54) is 10.5 Å². The molecular formula is C12H19NOS. The van der Waals surface area contributed by atoms with Gasteiger partial charge in [-0.25, -0.2) is 0 Å². The van der Waals surface area contributed by atoms with Gasteiger partial charge >= 0.3 is 0 Å². The van der Waals surface area contributed by atoms with E-state index in [0.717, 1.165) is 31.1 Å². The lowest BCUT2D eigenvalue weighted by Gasteiger charge is -2.06. The Morgan fingerprint density at radius 1 is 1.40 bits per heavy atom. The minimum Gasteiger partial charge on any atom is -0.398 e. The third-order valence-electron chi connectivity index (χ3n) is 2.06. The molecule has 0 unspecified atom stereocenters. The van der Waals surface area contributed by atoms with E-state index < -0.39 is 0 Å². The van der Waals surface area contributed by atoms with Gasteiger partial charge in [-0.15, -0.1) is 11.8 Å². The van der Waals surface area contributed by atoms with E-state index >= 15 is 0 Å². The first-order valence-electron chi connectivity index (χ1n) is 5.30. The van der Waals surface area contributed by atoms with Crippen LogP contribution in [0, 0.1) is 6.92 Å². The molecular weight excluding hydrogens is 206 g/mol. The van der Waals surface area contributed by atoms with Gasteiger partial charge in [0.2, 0.25) is 0 Å². The number of hydrogen-bond acceptors (Lipinski definition) is 3. The lowest BCUT2D eigenvalue weighted by atomic mass is 10.2. The highest BCUT2D eigenvalue weighted by molar-refractivity contribution is 7.99. The summed E-state index contributed by atoms with van der Waals surface area (Å²) in [6.45, 7) is 5.75. The van der Waals surface area contributed by atoms with Crippen molar-refractivity contribution in [3.05, 3.63) is 23.8 Å². The minimum absolute atomic E-state index is 0.803. The van der Waals surface area contributed by atoms with Crippen LogP contribution in [0.4, 0.5) is 5.69 Å². The van der Waals surface area contributed by atoms with Gasteiger partial charge < -0.3 is 10.5 Å². The molecule has 0 aliphatic heterocycles.